The van der Waals surface area contributed by atoms with Crippen molar-refractivity contribution in [1.82, 2.24) is 10.3 Å². The first-order chi connectivity index (χ1) is 15.6. The first kappa shape index (κ1) is 23.2. The number of halogens is 5. The Labute approximate surface area is 196 Å². The Morgan fingerprint density at radius 2 is 1.91 bits per heavy atom. The van der Waals surface area contributed by atoms with Gasteiger partial charge in [-0.05, 0) is 42.3 Å². The largest absolute Gasteiger partial charge is 0.456 e. The van der Waals surface area contributed by atoms with Gasteiger partial charge in [0, 0.05) is 21.2 Å². The van der Waals surface area contributed by atoms with E-state index >= 15 is 0 Å². The summed E-state index contributed by atoms with van der Waals surface area (Å²) in [5.41, 5.74) is -1.88. The highest BCUT2D eigenvalue weighted by Crippen LogP contribution is 2.46. The van der Waals surface area contributed by atoms with Gasteiger partial charge in [0.1, 0.15) is 22.8 Å². The Kier molecular flexibility index (Phi) is 6.16. The lowest BCUT2D eigenvalue weighted by Crippen LogP contribution is -2.35. The van der Waals surface area contributed by atoms with E-state index in [1.165, 1.54) is 0 Å². The highest BCUT2D eigenvalue weighted by Gasteiger charge is 2.36. The first-order valence-electron chi connectivity index (χ1n) is 10.00. The number of carbonyl (C=O) groups is 1. The van der Waals surface area contributed by atoms with Gasteiger partial charge in [0.2, 0.25) is 0 Å². The van der Waals surface area contributed by atoms with E-state index in [1.807, 2.05) is 4.98 Å². The third-order valence-electron chi connectivity index (χ3n) is 5.25. The van der Waals surface area contributed by atoms with E-state index in [2.05, 4.69) is 5.32 Å². The van der Waals surface area contributed by atoms with Crippen molar-refractivity contribution < 1.29 is 22.7 Å². The number of amides is 1. The van der Waals surface area contributed by atoms with Crippen LogP contribution in [0.1, 0.15) is 52.1 Å². The number of fused-ring (bicyclic) bond motifs is 2. The van der Waals surface area contributed by atoms with Crippen molar-refractivity contribution in [2.45, 2.75) is 32.0 Å². The van der Waals surface area contributed by atoms with Gasteiger partial charge in [0.05, 0.1) is 6.04 Å². The van der Waals surface area contributed by atoms with E-state index in [1.54, 1.807) is 43.3 Å². The predicted molar refractivity (Wildman–Crippen MR) is 118 cm³/mol. The molecule has 0 saturated carbocycles. The van der Waals surface area contributed by atoms with Crippen LogP contribution in [0.2, 0.25) is 10.0 Å². The number of hydrogen-bond acceptors (Lipinski definition) is 3. The van der Waals surface area contributed by atoms with Crippen LogP contribution in [-0.2, 0) is 12.6 Å². The summed E-state index contributed by atoms with van der Waals surface area (Å²) in [5, 5.41) is 3.45. The smallest absolute Gasteiger partial charge is 0.431 e. The normalized spacial score (nSPS) is 14.8. The summed E-state index contributed by atoms with van der Waals surface area (Å²) in [5.74, 6) is -0.0767. The molecule has 1 unspecified atom stereocenters. The second kappa shape index (κ2) is 8.76. The maximum absolute atomic E-state index is 13.4. The van der Waals surface area contributed by atoms with Crippen LogP contribution in [0, 0.1) is 0 Å². The number of aromatic amines is 1. The lowest BCUT2D eigenvalue weighted by atomic mass is 9.94. The van der Waals surface area contributed by atoms with Crippen molar-refractivity contribution in [1.29, 1.82) is 0 Å². The average molecular weight is 497 g/mol. The molecule has 0 radical (unpaired) electrons. The molecule has 1 aromatic heterocycles. The number of aryl methyl sites for hydroxylation is 1. The van der Waals surface area contributed by atoms with Crippen molar-refractivity contribution in [2.75, 3.05) is 0 Å². The van der Waals surface area contributed by atoms with Crippen LogP contribution in [0.4, 0.5) is 13.2 Å². The van der Waals surface area contributed by atoms with Gasteiger partial charge in [-0.15, -0.1) is 0 Å². The Morgan fingerprint density at radius 1 is 1.15 bits per heavy atom. The molecular formula is C23H17Cl2F3N2O3. The lowest BCUT2D eigenvalue weighted by molar-refractivity contribution is -0.142. The zero-order chi connectivity index (χ0) is 23.9. The van der Waals surface area contributed by atoms with E-state index < -0.39 is 34.9 Å². The maximum Gasteiger partial charge on any atom is 0.431 e. The topological polar surface area (TPSA) is 71.2 Å². The minimum absolute atomic E-state index is 0.0408. The number of nitrogens with one attached hydrogen (secondary N) is 2. The maximum atomic E-state index is 13.4. The number of alkyl halides is 3. The van der Waals surface area contributed by atoms with Gasteiger partial charge in [-0.3, -0.25) is 9.59 Å². The molecule has 4 rings (SSSR count). The van der Waals surface area contributed by atoms with Gasteiger partial charge in [0.15, 0.2) is 0 Å². The third-order valence-corrected chi connectivity index (χ3v) is 5.82. The Morgan fingerprint density at radius 3 is 2.61 bits per heavy atom. The number of benzene rings is 2. The van der Waals surface area contributed by atoms with Gasteiger partial charge in [-0.25, -0.2) is 0 Å². The summed E-state index contributed by atoms with van der Waals surface area (Å²) >= 11 is 12.5. The fraction of sp³-hybridized carbons (Fsp3) is 0.217. The Balaban J connectivity index is 1.78. The highest BCUT2D eigenvalue weighted by atomic mass is 35.5. The van der Waals surface area contributed by atoms with Crippen LogP contribution < -0.4 is 15.6 Å². The Hall–Kier alpha value is -2.97. The molecule has 2 heterocycles. The van der Waals surface area contributed by atoms with Gasteiger partial charge in [0.25, 0.3) is 11.5 Å². The fourth-order valence-corrected chi connectivity index (χ4v) is 4.25. The van der Waals surface area contributed by atoms with Crippen molar-refractivity contribution in [3.8, 4) is 11.5 Å². The fourth-order valence-electron chi connectivity index (χ4n) is 3.82. The summed E-state index contributed by atoms with van der Waals surface area (Å²) in [6, 6.07) is 9.96. The summed E-state index contributed by atoms with van der Waals surface area (Å²) < 4.78 is 45.9. The lowest BCUT2D eigenvalue weighted by Gasteiger charge is -2.29. The third kappa shape index (κ3) is 4.45. The van der Waals surface area contributed by atoms with Crippen LogP contribution in [0.3, 0.4) is 0 Å². The van der Waals surface area contributed by atoms with Gasteiger partial charge in [-0.1, -0.05) is 48.7 Å². The average Bonchev–Trinajstić information content (AvgIpc) is 2.73. The number of carbonyl (C=O) groups excluding carboxylic acids is 1. The van der Waals surface area contributed by atoms with E-state index in [0.717, 1.165) is 6.07 Å². The molecule has 172 valence electrons. The van der Waals surface area contributed by atoms with Crippen molar-refractivity contribution in [2.24, 2.45) is 0 Å². The van der Waals surface area contributed by atoms with Gasteiger partial charge < -0.3 is 15.0 Å². The first-order valence-corrected chi connectivity index (χ1v) is 10.8. The number of pyridine rings is 1. The molecule has 0 saturated heterocycles. The van der Waals surface area contributed by atoms with Crippen molar-refractivity contribution in [3.05, 3.63) is 90.8 Å². The quantitative estimate of drug-likeness (QED) is 0.446. The monoisotopic (exact) mass is 496 g/mol. The molecule has 1 aliphatic heterocycles. The molecule has 0 aliphatic carbocycles. The van der Waals surface area contributed by atoms with E-state index in [0.29, 0.717) is 39.1 Å². The molecule has 3 aromatic rings. The SMILES string of the molecule is CCCc1cc(C(=O)NC2c3ccc(Cl)cc3Oc3cccc(Cl)c32)c(=O)[nH]c1C(F)(F)F. The summed E-state index contributed by atoms with van der Waals surface area (Å²) in [6.45, 7) is 1.70. The summed E-state index contributed by atoms with van der Waals surface area (Å²) in [6.07, 6.45) is -4.31. The molecule has 2 N–H and O–H groups in total. The van der Waals surface area contributed by atoms with Crippen LogP contribution in [-0.4, -0.2) is 10.9 Å². The molecule has 0 spiro atoms. The second-order valence-electron chi connectivity index (χ2n) is 7.50. The standard InChI is InChI=1S/C23H17Cl2F3N2O3/c1-2-4-11-9-14(22(32)30-20(11)23(26,27)28)21(31)29-19-13-8-7-12(24)10-17(13)33-16-6-3-5-15(25)18(16)19/h3,5-10,19H,2,4H2,1H3,(H,29,31)(H,30,32). The molecule has 1 atom stereocenters. The molecule has 1 amide bonds. The second-order valence-corrected chi connectivity index (χ2v) is 8.35. The van der Waals surface area contributed by atoms with Crippen molar-refractivity contribution in [3.63, 3.8) is 0 Å². The molecule has 5 nitrogen and oxygen atoms in total. The minimum atomic E-state index is -4.75. The zero-order valence-electron chi connectivity index (χ0n) is 17.1. The molecule has 1 aliphatic rings. The van der Waals surface area contributed by atoms with E-state index in [9.17, 15) is 22.8 Å². The Bertz CT molecular complexity index is 1310. The van der Waals surface area contributed by atoms with Gasteiger partial charge >= 0.3 is 6.18 Å². The summed E-state index contributed by atoms with van der Waals surface area (Å²) in [7, 11) is 0. The van der Waals surface area contributed by atoms with Crippen LogP contribution in [0.15, 0.2) is 47.3 Å². The van der Waals surface area contributed by atoms with Crippen LogP contribution in [0.25, 0.3) is 0 Å². The molecular weight excluding hydrogens is 480 g/mol. The molecule has 33 heavy (non-hydrogen) atoms. The number of hydrogen-bond donors (Lipinski definition) is 2. The molecule has 2 aromatic carbocycles. The highest BCUT2D eigenvalue weighted by molar-refractivity contribution is 6.32. The van der Waals surface area contributed by atoms with Crippen LogP contribution in [0.5, 0.6) is 11.5 Å². The van der Waals surface area contributed by atoms with Crippen molar-refractivity contribution >= 4 is 29.1 Å². The van der Waals surface area contributed by atoms with Crippen LogP contribution >= 0.6 is 23.2 Å². The molecule has 0 bridgehead atoms. The molecule has 0 fully saturated rings. The molecule has 10 heteroatoms. The predicted octanol–water partition coefficient (Wildman–Crippen LogP) is 6.28. The number of rotatable bonds is 4. The minimum Gasteiger partial charge on any atom is -0.456 e. The zero-order valence-corrected chi connectivity index (χ0v) is 18.7. The number of ether oxygens (including phenoxy) is 1. The van der Waals surface area contributed by atoms with E-state index in [4.69, 9.17) is 27.9 Å². The summed E-state index contributed by atoms with van der Waals surface area (Å²) in [4.78, 5) is 27.4. The van der Waals surface area contributed by atoms with E-state index in [-0.39, 0.29) is 12.0 Å². The number of H-pyrrole nitrogens is 1. The van der Waals surface area contributed by atoms with Gasteiger partial charge in [-0.2, -0.15) is 13.2 Å². The number of aromatic nitrogens is 1.